The first kappa shape index (κ1) is 23.0. The molecule has 0 fully saturated rings. The number of hydrogen-bond acceptors (Lipinski definition) is 3. The average molecular weight is 438 g/mol. The lowest BCUT2D eigenvalue weighted by Crippen LogP contribution is -2.40. The van der Waals surface area contributed by atoms with Crippen molar-refractivity contribution in [1.29, 1.82) is 0 Å². The zero-order valence-corrected chi connectivity index (χ0v) is 19.3. The third-order valence-corrected chi connectivity index (χ3v) is 5.58. The number of aromatic amines is 1. The van der Waals surface area contributed by atoms with Gasteiger partial charge >= 0.3 is 0 Å². The fourth-order valence-electron chi connectivity index (χ4n) is 3.68. The molecule has 164 valence electrons. The van der Waals surface area contributed by atoms with Gasteiger partial charge in [-0.3, -0.25) is 4.79 Å². The zero-order chi connectivity index (χ0) is 22.2. The van der Waals surface area contributed by atoms with E-state index >= 15 is 0 Å². The van der Waals surface area contributed by atoms with E-state index in [9.17, 15) is 4.79 Å². The van der Waals surface area contributed by atoms with Gasteiger partial charge in [-0.05, 0) is 68.1 Å². The number of hydrogen-bond donors (Lipinski definition) is 2. The van der Waals surface area contributed by atoms with Gasteiger partial charge in [0.2, 0.25) is 0 Å². The van der Waals surface area contributed by atoms with Crippen LogP contribution in [0.15, 0.2) is 53.3 Å². The van der Waals surface area contributed by atoms with Crippen molar-refractivity contribution in [3.8, 4) is 0 Å². The Balaban J connectivity index is 1.82. The van der Waals surface area contributed by atoms with Crippen molar-refractivity contribution in [1.82, 2.24) is 15.2 Å². The number of aromatic nitrogens is 1. The molecule has 5 nitrogen and oxygen atoms in total. The lowest BCUT2D eigenvalue weighted by molar-refractivity contribution is 0.145. The molecule has 6 heteroatoms. The molecule has 0 aliphatic rings. The molecule has 1 aromatic heterocycles. The van der Waals surface area contributed by atoms with E-state index in [1.54, 1.807) is 0 Å². The standard InChI is InChI=1S/C25H31N3O2S/c1-4-30-12-8-11-26-25(31)28(16-20-9-6-5-7-10-20)17-22-15-21-14-18(2)13-19(3)23(21)27-24(22)29/h5-7,9-10,13-15H,4,8,11-12,16-17H2,1-3H3,(H,26,31)(H,27,29). The molecule has 3 rings (SSSR count). The van der Waals surface area contributed by atoms with E-state index in [1.807, 2.05) is 43.0 Å². The van der Waals surface area contributed by atoms with Gasteiger partial charge in [0.25, 0.3) is 5.56 Å². The van der Waals surface area contributed by atoms with Crippen molar-refractivity contribution in [2.24, 2.45) is 0 Å². The number of thiocarbonyl (C=S) groups is 1. The molecule has 0 atom stereocenters. The molecule has 3 aromatic rings. The van der Waals surface area contributed by atoms with E-state index in [1.165, 1.54) is 5.56 Å². The van der Waals surface area contributed by atoms with Gasteiger partial charge in [-0.25, -0.2) is 0 Å². The number of fused-ring (bicyclic) bond motifs is 1. The highest BCUT2D eigenvalue weighted by Gasteiger charge is 2.14. The number of aryl methyl sites for hydroxylation is 2. The maximum absolute atomic E-state index is 12.9. The monoisotopic (exact) mass is 437 g/mol. The maximum atomic E-state index is 12.9. The molecule has 0 saturated carbocycles. The van der Waals surface area contributed by atoms with Crippen molar-refractivity contribution >= 4 is 28.2 Å². The molecule has 2 aromatic carbocycles. The number of ether oxygens (including phenoxy) is 1. The van der Waals surface area contributed by atoms with Crippen LogP contribution in [-0.2, 0) is 17.8 Å². The maximum Gasteiger partial charge on any atom is 0.253 e. The number of nitrogens with one attached hydrogen (secondary N) is 2. The number of nitrogens with zero attached hydrogens (tertiary/aromatic N) is 1. The van der Waals surface area contributed by atoms with Crippen molar-refractivity contribution in [2.45, 2.75) is 40.3 Å². The van der Waals surface area contributed by atoms with Crippen LogP contribution in [0.25, 0.3) is 10.9 Å². The first-order chi connectivity index (χ1) is 15.0. The summed E-state index contributed by atoms with van der Waals surface area (Å²) in [6, 6.07) is 16.3. The Morgan fingerprint density at radius 3 is 2.65 bits per heavy atom. The van der Waals surface area contributed by atoms with Crippen molar-refractivity contribution in [3.05, 3.63) is 81.1 Å². The van der Waals surface area contributed by atoms with Crippen molar-refractivity contribution in [3.63, 3.8) is 0 Å². The van der Waals surface area contributed by atoms with Crippen LogP contribution in [0.5, 0.6) is 0 Å². The Hall–Kier alpha value is -2.70. The normalized spacial score (nSPS) is 10.9. The highest BCUT2D eigenvalue weighted by Crippen LogP contribution is 2.19. The minimum Gasteiger partial charge on any atom is -0.382 e. The van der Waals surface area contributed by atoms with Crippen LogP contribution in [0.4, 0.5) is 0 Å². The van der Waals surface area contributed by atoms with Gasteiger partial charge in [-0.1, -0.05) is 42.0 Å². The quantitative estimate of drug-likeness (QED) is 0.383. The van der Waals surface area contributed by atoms with E-state index in [2.05, 4.69) is 41.5 Å². The molecule has 0 aliphatic heterocycles. The average Bonchev–Trinajstić information content (AvgIpc) is 2.75. The Labute approximate surface area is 189 Å². The number of rotatable bonds is 9. The lowest BCUT2D eigenvalue weighted by atomic mass is 10.1. The summed E-state index contributed by atoms with van der Waals surface area (Å²) in [4.78, 5) is 18.0. The first-order valence-electron chi connectivity index (χ1n) is 10.8. The van der Waals surface area contributed by atoms with Crippen LogP contribution in [-0.4, -0.2) is 34.8 Å². The smallest absolute Gasteiger partial charge is 0.253 e. The van der Waals surface area contributed by atoms with Crippen LogP contribution < -0.4 is 10.9 Å². The molecule has 0 amide bonds. The van der Waals surface area contributed by atoms with Crippen LogP contribution in [0, 0.1) is 13.8 Å². The Morgan fingerprint density at radius 2 is 1.90 bits per heavy atom. The van der Waals surface area contributed by atoms with Gasteiger partial charge in [0.1, 0.15) is 0 Å². The van der Waals surface area contributed by atoms with Gasteiger partial charge in [-0.2, -0.15) is 0 Å². The summed E-state index contributed by atoms with van der Waals surface area (Å²) in [5, 5.41) is 5.01. The Morgan fingerprint density at radius 1 is 1.13 bits per heavy atom. The van der Waals surface area contributed by atoms with Gasteiger partial charge in [-0.15, -0.1) is 0 Å². The summed E-state index contributed by atoms with van der Waals surface area (Å²) < 4.78 is 5.40. The number of benzene rings is 2. The predicted octanol–water partition coefficient (Wildman–Crippen LogP) is 4.45. The zero-order valence-electron chi connectivity index (χ0n) is 18.5. The molecule has 0 saturated heterocycles. The summed E-state index contributed by atoms with van der Waals surface area (Å²) in [6.45, 7) is 9.30. The SMILES string of the molecule is CCOCCCNC(=S)N(Cc1ccccc1)Cc1cc2cc(C)cc(C)c2[nH]c1=O. The van der Waals surface area contributed by atoms with E-state index in [0.29, 0.717) is 37.0 Å². The minimum absolute atomic E-state index is 0.0725. The van der Waals surface area contributed by atoms with Crippen LogP contribution in [0.3, 0.4) is 0 Å². The summed E-state index contributed by atoms with van der Waals surface area (Å²) >= 11 is 5.69. The van der Waals surface area contributed by atoms with E-state index in [4.69, 9.17) is 17.0 Å². The summed E-state index contributed by atoms with van der Waals surface area (Å²) in [5.41, 5.74) is 4.92. The molecule has 1 heterocycles. The first-order valence-corrected chi connectivity index (χ1v) is 11.2. The van der Waals surface area contributed by atoms with Gasteiger partial charge < -0.3 is 19.9 Å². The summed E-state index contributed by atoms with van der Waals surface area (Å²) in [7, 11) is 0. The van der Waals surface area contributed by atoms with Crippen molar-refractivity contribution < 1.29 is 4.74 Å². The Kier molecular flexibility index (Phi) is 8.20. The van der Waals surface area contributed by atoms with Crippen LogP contribution in [0.1, 0.15) is 35.6 Å². The fourth-order valence-corrected chi connectivity index (χ4v) is 3.92. The molecular formula is C25H31N3O2S. The second-order valence-electron chi connectivity index (χ2n) is 7.79. The minimum atomic E-state index is -0.0725. The second-order valence-corrected chi connectivity index (χ2v) is 8.18. The van der Waals surface area contributed by atoms with E-state index < -0.39 is 0 Å². The predicted molar refractivity (Wildman–Crippen MR) is 131 cm³/mol. The second kappa shape index (κ2) is 11.1. The molecular weight excluding hydrogens is 406 g/mol. The highest BCUT2D eigenvalue weighted by molar-refractivity contribution is 7.80. The van der Waals surface area contributed by atoms with E-state index in [-0.39, 0.29) is 5.56 Å². The highest BCUT2D eigenvalue weighted by atomic mass is 32.1. The third-order valence-electron chi connectivity index (χ3n) is 5.18. The molecule has 0 unspecified atom stereocenters. The van der Waals surface area contributed by atoms with Gasteiger partial charge in [0.15, 0.2) is 5.11 Å². The van der Waals surface area contributed by atoms with Crippen molar-refractivity contribution in [2.75, 3.05) is 19.8 Å². The molecule has 0 spiro atoms. The van der Waals surface area contributed by atoms with Crippen LogP contribution in [0.2, 0.25) is 0 Å². The Bertz CT molecular complexity index is 1080. The molecule has 0 radical (unpaired) electrons. The summed E-state index contributed by atoms with van der Waals surface area (Å²) in [5.74, 6) is 0. The topological polar surface area (TPSA) is 57.4 Å². The summed E-state index contributed by atoms with van der Waals surface area (Å²) in [6.07, 6.45) is 0.877. The molecule has 2 N–H and O–H groups in total. The van der Waals surface area contributed by atoms with Crippen LogP contribution >= 0.6 is 12.2 Å². The molecule has 0 aliphatic carbocycles. The molecule has 0 bridgehead atoms. The lowest BCUT2D eigenvalue weighted by Gasteiger charge is -2.26. The third kappa shape index (κ3) is 6.39. The fraction of sp³-hybridized carbons (Fsp3) is 0.360. The molecule has 31 heavy (non-hydrogen) atoms. The number of pyridine rings is 1. The number of H-pyrrole nitrogens is 1. The van der Waals surface area contributed by atoms with E-state index in [0.717, 1.165) is 35.0 Å². The van der Waals surface area contributed by atoms with Gasteiger partial charge in [0.05, 0.1) is 12.1 Å². The van der Waals surface area contributed by atoms with Gasteiger partial charge in [0, 0.05) is 31.9 Å². The largest absolute Gasteiger partial charge is 0.382 e.